The molecule has 1 saturated heterocycles. The molecular formula is C19H22N2O2. The van der Waals surface area contributed by atoms with Crippen LogP contribution < -0.4 is 5.73 Å². The van der Waals surface area contributed by atoms with Gasteiger partial charge < -0.3 is 15.4 Å². The Morgan fingerprint density at radius 1 is 1.04 bits per heavy atom. The van der Waals surface area contributed by atoms with Crippen LogP contribution in [0.5, 0.6) is 0 Å². The van der Waals surface area contributed by atoms with Gasteiger partial charge in [-0.15, -0.1) is 0 Å². The van der Waals surface area contributed by atoms with E-state index in [0.29, 0.717) is 19.7 Å². The Kier molecular flexibility index (Phi) is 5.05. The van der Waals surface area contributed by atoms with Gasteiger partial charge in [-0.05, 0) is 11.1 Å². The van der Waals surface area contributed by atoms with Gasteiger partial charge in [-0.1, -0.05) is 60.7 Å². The van der Waals surface area contributed by atoms with Crippen LogP contribution in [0.2, 0.25) is 0 Å². The Morgan fingerprint density at radius 2 is 1.70 bits per heavy atom. The summed E-state index contributed by atoms with van der Waals surface area (Å²) in [6, 6.07) is 20.0. The van der Waals surface area contributed by atoms with Crippen molar-refractivity contribution in [1.82, 2.24) is 4.90 Å². The second kappa shape index (κ2) is 7.40. The first-order valence-corrected chi connectivity index (χ1v) is 7.94. The Balaban J connectivity index is 1.51. The zero-order chi connectivity index (χ0) is 16.1. The lowest BCUT2D eigenvalue weighted by Crippen LogP contribution is -2.34. The number of ether oxygens (including phenoxy) is 1. The molecule has 2 atom stereocenters. The van der Waals surface area contributed by atoms with Gasteiger partial charge in [0.1, 0.15) is 6.61 Å². The van der Waals surface area contributed by atoms with E-state index in [1.54, 1.807) is 0 Å². The number of carbonyl (C=O) groups excluding carboxylic acids is 1. The Bertz CT molecular complexity index is 630. The number of hydrogen-bond acceptors (Lipinski definition) is 3. The SMILES string of the molecule is NC1CN(C(=O)COCc2ccccc2)CC1c1ccccc1. The lowest BCUT2D eigenvalue weighted by Gasteiger charge is -2.16. The Hall–Kier alpha value is -2.17. The number of rotatable bonds is 5. The maximum Gasteiger partial charge on any atom is 0.248 e. The first kappa shape index (κ1) is 15.7. The molecule has 1 fully saturated rings. The van der Waals surface area contributed by atoms with E-state index in [9.17, 15) is 4.79 Å². The fraction of sp³-hybridized carbons (Fsp3) is 0.316. The lowest BCUT2D eigenvalue weighted by molar-refractivity contribution is -0.135. The van der Waals surface area contributed by atoms with Crippen LogP contribution >= 0.6 is 0 Å². The van der Waals surface area contributed by atoms with Crippen LogP contribution in [0.3, 0.4) is 0 Å². The first-order valence-electron chi connectivity index (χ1n) is 7.94. The second-order valence-corrected chi connectivity index (χ2v) is 5.96. The smallest absolute Gasteiger partial charge is 0.248 e. The van der Waals surface area contributed by atoms with Gasteiger partial charge in [0.25, 0.3) is 0 Å². The third kappa shape index (κ3) is 3.97. The largest absolute Gasteiger partial charge is 0.367 e. The summed E-state index contributed by atoms with van der Waals surface area (Å²) in [6.07, 6.45) is 0. The van der Waals surface area contributed by atoms with E-state index in [2.05, 4.69) is 12.1 Å². The highest BCUT2D eigenvalue weighted by atomic mass is 16.5. The normalized spacial score (nSPS) is 20.7. The molecule has 2 N–H and O–H groups in total. The van der Waals surface area contributed by atoms with Crippen molar-refractivity contribution in [3.8, 4) is 0 Å². The average Bonchev–Trinajstić information content (AvgIpc) is 2.98. The van der Waals surface area contributed by atoms with Crippen molar-refractivity contribution in [3.05, 3.63) is 71.8 Å². The van der Waals surface area contributed by atoms with Crippen LogP contribution in [0.4, 0.5) is 0 Å². The summed E-state index contributed by atoms with van der Waals surface area (Å²) in [7, 11) is 0. The molecule has 0 aliphatic carbocycles. The van der Waals surface area contributed by atoms with Gasteiger partial charge in [-0.3, -0.25) is 4.79 Å². The molecular weight excluding hydrogens is 288 g/mol. The standard InChI is InChI=1S/C19H22N2O2/c20-18-12-21(11-17(18)16-9-5-2-6-10-16)19(22)14-23-13-15-7-3-1-4-8-15/h1-10,17-18H,11-14,20H2. The Morgan fingerprint density at radius 3 is 2.39 bits per heavy atom. The molecule has 0 bridgehead atoms. The second-order valence-electron chi connectivity index (χ2n) is 5.96. The molecule has 2 aromatic rings. The summed E-state index contributed by atoms with van der Waals surface area (Å²) in [4.78, 5) is 14.1. The molecule has 1 heterocycles. The summed E-state index contributed by atoms with van der Waals surface area (Å²) in [5.74, 6) is 0.212. The summed E-state index contributed by atoms with van der Waals surface area (Å²) >= 11 is 0. The number of amides is 1. The molecule has 0 radical (unpaired) electrons. The van der Waals surface area contributed by atoms with E-state index in [1.807, 2.05) is 53.4 Å². The molecule has 0 spiro atoms. The minimum atomic E-state index is -0.0181. The zero-order valence-electron chi connectivity index (χ0n) is 13.1. The van der Waals surface area contributed by atoms with Gasteiger partial charge >= 0.3 is 0 Å². The molecule has 120 valence electrons. The molecule has 2 aromatic carbocycles. The summed E-state index contributed by atoms with van der Waals surface area (Å²) in [5.41, 5.74) is 8.49. The van der Waals surface area contributed by atoms with E-state index < -0.39 is 0 Å². The molecule has 2 unspecified atom stereocenters. The van der Waals surface area contributed by atoms with Crippen LogP contribution in [0.1, 0.15) is 17.0 Å². The maximum absolute atomic E-state index is 12.3. The average molecular weight is 310 g/mol. The Labute approximate surface area is 136 Å². The number of hydrogen-bond donors (Lipinski definition) is 1. The van der Waals surface area contributed by atoms with Gasteiger partial charge in [0.15, 0.2) is 0 Å². The van der Waals surface area contributed by atoms with Gasteiger partial charge in [0.2, 0.25) is 5.91 Å². The molecule has 4 heteroatoms. The van der Waals surface area contributed by atoms with Crippen LogP contribution in [0, 0.1) is 0 Å². The van der Waals surface area contributed by atoms with Crippen LogP contribution in [0.15, 0.2) is 60.7 Å². The van der Waals surface area contributed by atoms with E-state index in [4.69, 9.17) is 10.5 Å². The van der Waals surface area contributed by atoms with E-state index >= 15 is 0 Å². The fourth-order valence-electron chi connectivity index (χ4n) is 3.01. The number of likely N-dealkylation sites (tertiary alicyclic amines) is 1. The summed E-state index contributed by atoms with van der Waals surface area (Å²) in [5, 5.41) is 0. The third-order valence-electron chi connectivity index (χ3n) is 4.28. The zero-order valence-corrected chi connectivity index (χ0v) is 13.1. The minimum absolute atomic E-state index is 0.00909. The molecule has 0 aromatic heterocycles. The predicted octanol–water partition coefficient (Wildman–Crippen LogP) is 2.16. The van der Waals surface area contributed by atoms with Crippen molar-refractivity contribution in [3.63, 3.8) is 0 Å². The van der Waals surface area contributed by atoms with Crippen molar-refractivity contribution in [1.29, 1.82) is 0 Å². The monoisotopic (exact) mass is 310 g/mol. The minimum Gasteiger partial charge on any atom is -0.367 e. The lowest BCUT2D eigenvalue weighted by atomic mass is 9.95. The third-order valence-corrected chi connectivity index (χ3v) is 4.28. The molecule has 4 nitrogen and oxygen atoms in total. The molecule has 23 heavy (non-hydrogen) atoms. The highest BCUT2D eigenvalue weighted by Gasteiger charge is 2.33. The molecule has 3 rings (SSSR count). The quantitative estimate of drug-likeness (QED) is 0.921. The van der Waals surface area contributed by atoms with Crippen LogP contribution in [-0.2, 0) is 16.1 Å². The van der Waals surface area contributed by atoms with Crippen molar-refractivity contribution >= 4 is 5.91 Å². The van der Waals surface area contributed by atoms with Crippen molar-refractivity contribution in [2.75, 3.05) is 19.7 Å². The van der Waals surface area contributed by atoms with E-state index in [0.717, 1.165) is 5.56 Å². The summed E-state index contributed by atoms with van der Waals surface area (Å²) in [6.45, 7) is 1.81. The number of benzene rings is 2. The number of nitrogens with zero attached hydrogens (tertiary/aromatic N) is 1. The molecule has 0 saturated carbocycles. The van der Waals surface area contributed by atoms with Gasteiger partial charge in [-0.2, -0.15) is 0 Å². The van der Waals surface area contributed by atoms with Gasteiger partial charge in [0, 0.05) is 25.0 Å². The van der Waals surface area contributed by atoms with E-state index in [-0.39, 0.29) is 24.5 Å². The van der Waals surface area contributed by atoms with Crippen molar-refractivity contribution < 1.29 is 9.53 Å². The van der Waals surface area contributed by atoms with E-state index in [1.165, 1.54) is 5.56 Å². The first-order chi connectivity index (χ1) is 11.2. The molecule has 1 aliphatic heterocycles. The number of carbonyl (C=O) groups is 1. The van der Waals surface area contributed by atoms with Gasteiger partial charge in [0.05, 0.1) is 6.61 Å². The molecule has 1 amide bonds. The predicted molar refractivity (Wildman–Crippen MR) is 89.8 cm³/mol. The topological polar surface area (TPSA) is 55.6 Å². The van der Waals surface area contributed by atoms with Crippen LogP contribution in [-0.4, -0.2) is 36.5 Å². The fourth-order valence-corrected chi connectivity index (χ4v) is 3.01. The highest BCUT2D eigenvalue weighted by Crippen LogP contribution is 2.26. The van der Waals surface area contributed by atoms with Crippen molar-refractivity contribution in [2.24, 2.45) is 5.73 Å². The van der Waals surface area contributed by atoms with Crippen LogP contribution in [0.25, 0.3) is 0 Å². The molecule has 1 aliphatic rings. The van der Waals surface area contributed by atoms with Crippen molar-refractivity contribution in [2.45, 2.75) is 18.6 Å². The maximum atomic E-state index is 12.3. The summed E-state index contributed by atoms with van der Waals surface area (Å²) < 4.78 is 5.54. The highest BCUT2D eigenvalue weighted by molar-refractivity contribution is 5.78. The van der Waals surface area contributed by atoms with Gasteiger partial charge in [-0.25, -0.2) is 0 Å². The number of nitrogens with two attached hydrogens (primary N) is 1.